The minimum absolute atomic E-state index is 0.580. The smallest absolute Gasteiger partial charge is 0.141 e. The van der Waals surface area contributed by atoms with Crippen LogP contribution in [0.15, 0.2) is 30.5 Å². The molecule has 0 spiro atoms. The number of nitrogens with zero attached hydrogens (tertiary/aromatic N) is 2. The maximum atomic E-state index is 5.42. The Morgan fingerprint density at radius 3 is 2.86 bits per heavy atom. The highest BCUT2D eigenvalue weighted by Crippen LogP contribution is 2.30. The van der Waals surface area contributed by atoms with E-state index in [9.17, 15) is 0 Å². The molecule has 0 unspecified atom stereocenters. The van der Waals surface area contributed by atoms with Crippen molar-refractivity contribution < 1.29 is 4.74 Å². The molecule has 1 aromatic carbocycles. The molecule has 1 aliphatic rings. The average molecular weight is 285 g/mol. The fraction of sp³-hybridized carbons (Fsp3) is 0.471. The summed E-state index contributed by atoms with van der Waals surface area (Å²) in [5.74, 6) is 0.882. The molecule has 1 fully saturated rings. The number of methoxy groups -OCH3 is 1. The predicted molar refractivity (Wildman–Crippen MR) is 84.8 cm³/mol. The third-order valence-corrected chi connectivity index (χ3v) is 4.24. The molecule has 4 heteroatoms. The first-order valence-electron chi connectivity index (χ1n) is 7.69. The molecule has 0 bridgehead atoms. The number of ether oxygens (including phenoxy) is 1. The molecule has 0 amide bonds. The first-order valence-corrected chi connectivity index (χ1v) is 7.69. The third kappa shape index (κ3) is 3.04. The molecule has 0 radical (unpaired) electrons. The van der Waals surface area contributed by atoms with Gasteiger partial charge in [0.25, 0.3) is 0 Å². The molecule has 0 atom stereocenters. The summed E-state index contributed by atoms with van der Waals surface area (Å²) in [7, 11) is 1.71. The lowest BCUT2D eigenvalue weighted by atomic mass is 10.2. The van der Waals surface area contributed by atoms with Crippen LogP contribution < -0.4 is 10.1 Å². The number of aromatic nitrogens is 2. The summed E-state index contributed by atoms with van der Waals surface area (Å²) in [6.45, 7) is 2.86. The van der Waals surface area contributed by atoms with Crippen molar-refractivity contribution in [3.8, 4) is 5.75 Å². The fourth-order valence-corrected chi connectivity index (χ4v) is 3.11. The van der Waals surface area contributed by atoms with Crippen molar-refractivity contribution in [2.45, 2.75) is 45.2 Å². The molecule has 21 heavy (non-hydrogen) atoms. The molecule has 1 aromatic heterocycles. The van der Waals surface area contributed by atoms with Gasteiger partial charge in [-0.1, -0.05) is 18.9 Å². The van der Waals surface area contributed by atoms with Gasteiger partial charge in [0.1, 0.15) is 5.75 Å². The van der Waals surface area contributed by atoms with E-state index >= 15 is 0 Å². The van der Waals surface area contributed by atoms with Gasteiger partial charge in [-0.2, -0.15) is 5.10 Å². The highest BCUT2D eigenvalue weighted by atomic mass is 16.5. The van der Waals surface area contributed by atoms with E-state index in [1.807, 2.05) is 12.3 Å². The molecular weight excluding hydrogens is 262 g/mol. The van der Waals surface area contributed by atoms with Crippen LogP contribution in [0.2, 0.25) is 0 Å². The van der Waals surface area contributed by atoms with Gasteiger partial charge in [0.15, 0.2) is 0 Å². The highest BCUT2D eigenvalue weighted by Gasteiger charge is 2.19. The molecular formula is C17H23N3O. The summed E-state index contributed by atoms with van der Waals surface area (Å²) in [5, 5.41) is 8.00. The lowest BCUT2D eigenvalue weighted by Gasteiger charge is -2.16. The first kappa shape index (κ1) is 14.0. The summed E-state index contributed by atoms with van der Waals surface area (Å²) >= 11 is 0. The number of anilines is 1. The van der Waals surface area contributed by atoms with E-state index in [-0.39, 0.29) is 0 Å². The maximum Gasteiger partial charge on any atom is 0.141 e. The van der Waals surface area contributed by atoms with Crippen LogP contribution in [0, 0.1) is 6.92 Å². The average Bonchev–Trinajstić information content (AvgIpc) is 3.16. The van der Waals surface area contributed by atoms with E-state index in [2.05, 4.69) is 40.2 Å². The standard InChI is InChI=1S/C17H23N3O/c1-13-7-8-17(21-2)16(11-13)18-12-15-9-10-19-20(15)14-5-3-4-6-14/h7-11,14,18H,3-6,12H2,1-2H3. The zero-order chi connectivity index (χ0) is 14.7. The first-order chi connectivity index (χ1) is 10.3. The second-order valence-corrected chi connectivity index (χ2v) is 5.76. The monoisotopic (exact) mass is 285 g/mol. The van der Waals surface area contributed by atoms with Crippen LogP contribution in [0.25, 0.3) is 0 Å². The molecule has 0 aliphatic heterocycles. The SMILES string of the molecule is COc1ccc(C)cc1NCc1ccnn1C1CCCC1. The minimum Gasteiger partial charge on any atom is -0.495 e. The van der Waals surface area contributed by atoms with Gasteiger partial charge in [-0.15, -0.1) is 0 Å². The van der Waals surface area contributed by atoms with Gasteiger partial charge in [0.2, 0.25) is 0 Å². The van der Waals surface area contributed by atoms with Gasteiger partial charge in [-0.25, -0.2) is 0 Å². The van der Waals surface area contributed by atoms with Crippen molar-refractivity contribution in [2.75, 3.05) is 12.4 Å². The van der Waals surface area contributed by atoms with Crippen molar-refractivity contribution in [3.63, 3.8) is 0 Å². The van der Waals surface area contributed by atoms with Crippen LogP contribution in [0.3, 0.4) is 0 Å². The van der Waals surface area contributed by atoms with Crippen molar-refractivity contribution in [1.29, 1.82) is 0 Å². The highest BCUT2D eigenvalue weighted by molar-refractivity contribution is 5.58. The zero-order valence-electron chi connectivity index (χ0n) is 12.8. The van der Waals surface area contributed by atoms with E-state index in [4.69, 9.17) is 4.74 Å². The lowest BCUT2D eigenvalue weighted by Crippen LogP contribution is -2.13. The Balaban J connectivity index is 1.73. The molecule has 112 valence electrons. The molecule has 1 aliphatic carbocycles. The van der Waals surface area contributed by atoms with Crippen molar-refractivity contribution in [2.24, 2.45) is 0 Å². The van der Waals surface area contributed by atoms with Gasteiger partial charge in [-0.05, 0) is 43.5 Å². The minimum atomic E-state index is 0.580. The summed E-state index contributed by atoms with van der Waals surface area (Å²) in [4.78, 5) is 0. The second-order valence-electron chi connectivity index (χ2n) is 5.76. The number of hydrogen-bond acceptors (Lipinski definition) is 3. The summed E-state index contributed by atoms with van der Waals surface area (Å²) in [6, 6.07) is 8.87. The Morgan fingerprint density at radius 1 is 1.29 bits per heavy atom. The Bertz CT molecular complexity index is 600. The summed E-state index contributed by atoms with van der Waals surface area (Å²) in [6.07, 6.45) is 7.06. The second kappa shape index (κ2) is 6.20. The number of rotatable bonds is 5. The molecule has 1 heterocycles. The van der Waals surface area contributed by atoms with Gasteiger partial charge in [0.05, 0.1) is 31.1 Å². The van der Waals surface area contributed by atoms with E-state index in [0.717, 1.165) is 18.0 Å². The van der Waals surface area contributed by atoms with E-state index in [0.29, 0.717) is 6.04 Å². The molecule has 3 rings (SSSR count). The normalized spacial score (nSPS) is 15.3. The molecule has 0 saturated heterocycles. The van der Waals surface area contributed by atoms with Gasteiger partial charge >= 0.3 is 0 Å². The molecule has 4 nitrogen and oxygen atoms in total. The Hall–Kier alpha value is -1.97. The predicted octanol–water partition coefficient (Wildman–Crippen LogP) is 3.93. The zero-order valence-corrected chi connectivity index (χ0v) is 12.8. The molecule has 1 saturated carbocycles. The Kier molecular flexibility index (Phi) is 4.13. The lowest BCUT2D eigenvalue weighted by molar-refractivity contribution is 0.416. The molecule has 2 aromatic rings. The Morgan fingerprint density at radius 2 is 2.10 bits per heavy atom. The van der Waals surface area contributed by atoms with Crippen molar-refractivity contribution in [3.05, 3.63) is 41.7 Å². The van der Waals surface area contributed by atoms with Gasteiger partial charge in [-0.3, -0.25) is 4.68 Å². The Labute approximate surface area is 126 Å². The van der Waals surface area contributed by atoms with Crippen LogP contribution in [-0.2, 0) is 6.54 Å². The van der Waals surface area contributed by atoms with Gasteiger partial charge < -0.3 is 10.1 Å². The fourth-order valence-electron chi connectivity index (χ4n) is 3.11. The largest absolute Gasteiger partial charge is 0.495 e. The van der Waals surface area contributed by atoms with Gasteiger partial charge in [0, 0.05) is 6.20 Å². The van der Waals surface area contributed by atoms with Crippen LogP contribution in [0.5, 0.6) is 5.75 Å². The number of benzene rings is 1. The van der Waals surface area contributed by atoms with Crippen LogP contribution >= 0.6 is 0 Å². The summed E-state index contributed by atoms with van der Waals surface area (Å²) in [5.41, 5.74) is 3.50. The molecule has 1 N–H and O–H groups in total. The summed E-state index contributed by atoms with van der Waals surface area (Å²) < 4.78 is 7.61. The number of aryl methyl sites for hydroxylation is 1. The number of nitrogens with one attached hydrogen (secondary N) is 1. The van der Waals surface area contributed by atoms with Crippen LogP contribution in [0.1, 0.15) is 43.0 Å². The number of hydrogen-bond donors (Lipinski definition) is 1. The van der Waals surface area contributed by atoms with E-state index in [1.54, 1.807) is 7.11 Å². The maximum absolute atomic E-state index is 5.42. The quantitative estimate of drug-likeness (QED) is 0.904. The van der Waals surface area contributed by atoms with Crippen LogP contribution in [-0.4, -0.2) is 16.9 Å². The van der Waals surface area contributed by atoms with Crippen molar-refractivity contribution in [1.82, 2.24) is 9.78 Å². The van der Waals surface area contributed by atoms with E-state index in [1.165, 1.54) is 36.9 Å². The van der Waals surface area contributed by atoms with Crippen molar-refractivity contribution >= 4 is 5.69 Å². The van der Waals surface area contributed by atoms with E-state index < -0.39 is 0 Å². The topological polar surface area (TPSA) is 39.1 Å². The van der Waals surface area contributed by atoms with Crippen LogP contribution in [0.4, 0.5) is 5.69 Å². The third-order valence-electron chi connectivity index (χ3n) is 4.24.